The lowest BCUT2D eigenvalue weighted by Crippen LogP contribution is -2.20. The molecule has 0 aromatic carbocycles. The van der Waals surface area contributed by atoms with Gasteiger partial charge in [0.1, 0.15) is 5.82 Å². The molecule has 17 heavy (non-hydrogen) atoms. The van der Waals surface area contributed by atoms with E-state index >= 15 is 0 Å². The van der Waals surface area contributed by atoms with Gasteiger partial charge in [-0.2, -0.15) is 5.10 Å². The van der Waals surface area contributed by atoms with Crippen LogP contribution in [0.15, 0.2) is 4.90 Å². The van der Waals surface area contributed by atoms with Gasteiger partial charge in [0.05, 0.1) is 0 Å². The maximum absolute atomic E-state index is 11.8. The molecule has 1 aromatic heterocycles. The Labute approximate surface area is 101 Å². The molecule has 1 aliphatic heterocycles. The van der Waals surface area contributed by atoms with Crippen LogP contribution in [0.1, 0.15) is 19.8 Å². The molecule has 0 atom stereocenters. The number of nitrogens with two attached hydrogens (primary N) is 1. The van der Waals surface area contributed by atoms with Crippen molar-refractivity contribution < 1.29 is 8.42 Å². The molecule has 2 heterocycles. The average Bonchev–Trinajstić information content (AvgIpc) is 2.82. The first-order valence-electron chi connectivity index (χ1n) is 5.76. The van der Waals surface area contributed by atoms with Crippen molar-refractivity contribution in [2.24, 2.45) is 0 Å². The first-order valence-corrected chi connectivity index (χ1v) is 7.65. The van der Waals surface area contributed by atoms with Crippen LogP contribution in [-0.4, -0.2) is 37.5 Å². The number of nitrogens with zero attached hydrogens (tertiary/aromatic N) is 3. The van der Waals surface area contributed by atoms with Crippen LogP contribution in [-0.2, 0) is 16.4 Å². The number of aromatic nitrogens is 2. The minimum atomic E-state index is -3.34. The average molecular weight is 258 g/mol. The third-order valence-electron chi connectivity index (χ3n) is 3.01. The molecule has 0 unspecified atom stereocenters. The smallest absolute Gasteiger partial charge is 0.182 e. The second kappa shape index (κ2) is 4.21. The highest BCUT2D eigenvalue weighted by Crippen LogP contribution is 2.31. The van der Waals surface area contributed by atoms with Gasteiger partial charge < -0.3 is 10.6 Å². The summed E-state index contributed by atoms with van der Waals surface area (Å²) in [5.41, 5.74) is 5.86. The van der Waals surface area contributed by atoms with Crippen LogP contribution < -0.4 is 10.6 Å². The highest BCUT2D eigenvalue weighted by atomic mass is 32.2. The maximum Gasteiger partial charge on any atom is 0.182 e. The van der Waals surface area contributed by atoms with E-state index in [-0.39, 0.29) is 10.7 Å². The summed E-state index contributed by atoms with van der Waals surface area (Å²) in [6.07, 6.45) is 3.32. The summed E-state index contributed by atoms with van der Waals surface area (Å²) < 4.78 is 25.1. The molecule has 6 nitrogen and oxygen atoms in total. The summed E-state index contributed by atoms with van der Waals surface area (Å²) in [7, 11) is -3.34. The lowest BCUT2D eigenvalue weighted by Gasteiger charge is -2.15. The van der Waals surface area contributed by atoms with Crippen LogP contribution in [0.3, 0.4) is 0 Å². The molecule has 0 amide bonds. The van der Waals surface area contributed by atoms with Crippen molar-refractivity contribution in [3.05, 3.63) is 0 Å². The summed E-state index contributed by atoms with van der Waals surface area (Å²) in [5.74, 6) is 0.765. The molecule has 0 aliphatic carbocycles. The molecule has 0 saturated carbocycles. The Morgan fingerprint density at radius 3 is 2.41 bits per heavy atom. The SMILES string of the molecule is CCn1nc(N2CCCC2)c(S(C)(=O)=O)c1N. The van der Waals surface area contributed by atoms with Crippen LogP contribution in [0.2, 0.25) is 0 Å². The van der Waals surface area contributed by atoms with E-state index in [9.17, 15) is 8.42 Å². The molecule has 1 aliphatic rings. The summed E-state index contributed by atoms with van der Waals surface area (Å²) in [6.45, 7) is 4.16. The Bertz CT molecular complexity index is 515. The van der Waals surface area contributed by atoms with Crippen molar-refractivity contribution in [1.29, 1.82) is 0 Å². The van der Waals surface area contributed by atoms with Gasteiger partial charge in [0.25, 0.3) is 0 Å². The van der Waals surface area contributed by atoms with Crippen LogP contribution in [0.25, 0.3) is 0 Å². The van der Waals surface area contributed by atoms with Crippen LogP contribution in [0, 0.1) is 0 Å². The fraction of sp³-hybridized carbons (Fsp3) is 0.700. The topological polar surface area (TPSA) is 81.2 Å². The van der Waals surface area contributed by atoms with Crippen LogP contribution in [0.5, 0.6) is 0 Å². The Hall–Kier alpha value is -1.24. The fourth-order valence-corrected chi connectivity index (χ4v) is 3.16. The predicted octanol–water partition coefficient (Wildman–Crippen LogP) is 0.489. The van der Waals surface area contributed by atoms with Gasteiger partial charge in [0.2, 0.25) is 0 Å². The first kappa shape index (κ1) is 12.2. The molecular formula is C10H18N4O2S. The molecule has 0 spiro atoms. The highest BCUT2D eigenvalue weighted by molar-refractivity contribution is 7.91. The molecule has 1 aromatic rings. The molecule has 2 N–H and O–H groups in total. The van der Waals surface area contributed by atoms with Gasteiger partial charge in [-0.3, -0.25) is 0 Å². The van der Waals surface area contributed by atoms with E-state index in [4.69, 9.17) is 5.73 Å². The summed E-state index contributed by atoms with van der Waals surface area (Å²) >= 11 is 0. The van der Waals surface area contributed by atoms with Gasteiger partial charge in [-0.1, -0.05) is 0 Å². The number of aryl methyl sites for hydroxylation is 1. The molecule has 7 heteroatoms. The predicted molar refractivity (Wildman–Crippen MR) is 66.9 cm³/mol. The normalized spacial score (nSPS) is 16.7. The molecule has 1 fully saturated rings. The third-order valence-corrected chi connectivity index (χ3v) is 4.14. The Balaban J connectivity index is 2.57. The van der Waals surface area contributed by atoms with Crippen molar-refractivity contribution in [2.75, 3.05) is 30.0 Å². The zero-order valence-electron chi connectivity index (χ0n) is 10.2. The van der Waals surface area contributed by atoms with Crippen molar-refractivity contribution >= 4 is 21.5 Å². The maximum atomic E-state index is 11.8. The lowest BCUT2D eigenvalue weighted by molar-refractivity contribution is 0.602. The lowest BCUT2D eigenvalue weighted by atomic mass is 10.4. The Morgan fingerprint density at radius 1 is 1.35 bits per heavy atom. The number of hydrogen-bond donors (Lipinski definition) is 1. The quantitative estimate of drug-likeness (QED) is 0.853. The van der Waals surface area contributed by atoms with Gasteiger partial charge >= 0.3 is 0 Å². The van der Waals surface area contributed by atoms with E-state index in [1.165, 1.54) is 6.26 Å². The number of anilines is 2. The zero-order chi connectivity index (χ0) is 12.6. The summed E-state index contributed by atoms with van der Waals surface area (Å²) in [4.78, 5) is 2.18. The van der Waals surface area contributed by atoms with Gasteiger partial charge in [-0.15, -0.1) is 0 Å². The fourth-order valence-electron chi connectivity index (χ4n) is 2.18. The third kappa shape index (κ3) is 2.11. The summed E-state index contributed by atoms with van der Waals surface area (Å²) in [6, 6.07) is 0. The van der Waals surface area contributed by atoms with Gasteiger partial charge in [0, 0.05) is 25.9 Å². The number of nitrogen functional groups attached to an aromatic ring is 1. The zero-order valence-corrected chi connectivity index (χ0v) is 11.0. The van der Waals surface area contributed by atoms with Crippen molar-refractivity contribution in [3.63, 3.8) is 0 Å². The molecule has 2 rings (SSSR count). The van der Waals surface area contributed by atoms with E-state index in [1.807, 2.05) is 11.8 Å². The van der Waals surface area contributed by atoms with Crippen LogP contribution >= 0.6 is 0 Å². The molecular weight excluding hydrogens is 240 g/mol. The minimum absolute atomic E-state index is 0.182. The van der Waals surface area contributed by atoms with E-state index < -0.39 is 9.84 Å². The number of rotatable bonds is 3. The van der Waals surface area contributed by atoms with Crippen molar-refractivity contribution in [3.8, 4) is 0 Å². The molecule has 1 saturated heterocycles. The Kier molecular flexibility index (Phi) is 3.03. The number of hydrogen-bond acceptors (Lipinski definition) is 5. The monoisotopic (exact) mass is 258 g/mol. The second-order valence-electron chi connectivity index (χ2n) is 4.32. The standard InChI is InChI=1S/C10H18N4O2S/c1-3-14-9(11)8(17(2,15)16)10(12-14)13-6-4-5-7-13/h3-7,11H2,1-2H3. The van der Waals surface area contributed by atoms with Crippen molar-refractivity contribution in [1.82, 2.24) is 9.78 Å². The minimum Gasteiger partial charge on any atom is -0.383 e. The van der Waals surface area contributed by atoms with E-state index in [0.717, 1.165) is 25.9 Å². The molecule has 0 bridgehead atoms. The molecule has 96 valence electrons. The van der Waals surface area contributed by atoms with Gasteiger partial charge in [-0.05, 0) is 19.8 Å². The molecule has 0 radical (unpaired) electrons. The van der Waals surface area contributed by atoms with Gasteiger partial charge in [-0.25, -0.2) is 13.1 Å². The second-order valence-corrected chi connectivity index (χ2v) is 6.27. The van der Waals surface area contributed by atoms with Crippen LogP contribution in [0.4, 0.5) is 11.6 Å². The Morgan fingerprint density at radius 2 is 1.94 bits per heavy atom. The van der Waals surface area contributed by atoms with Gasteiger partial charge in [0.15, 0.2) is 20.6 Å². The van der Waals surface area contributed by atoms with E-state index in [1.54, 1.807) is 4.68 Å². The van der Waals surface area contributed by atoms with E-state index in [2.05, 4.69) is 5.10 Å². The van der Waals surface area contributed by atoms with E-state index in [0.29, 0.717) is 12.4 Å². The number of sulfone groups is 1. The largest absolute Gasteiger partial charge is 0.383 e. The summed E-state index contributed by atoms with van der Waals surface area (Å²) in [5, 5.41) is 4.32. The highest BCUT2D eigenvalue weighted by Gasteiger charge is 2.28. The first-order chi connectivity index (χ1) is 7.95. The van der Waals surface area contributed by atoms with Crippen molar-refractivity contribution in [2.45, 2.75) is 31.2 Å².